The van der Waals surface area contributed by atoms with Gasteiger partial charge in [-0.15, -0.1) is 0 Å². The lowest BCUT2D eigenvalue weighted by Gasteiger charge is -2.28. The van der Waals surface area contributed by atoms with Gasteiger partial charge >= 0.3 is 0 Å². The number of nitrogens with zero attached hydrogens (tertiary/aromatic N) is 1. The van der Waals surface area contributed by atoms with Gasteiger partial charge in [-0.25, -0.2) is 4.39 Å². The molecule has 158 valence electrons. The van der Waals surface area contributed by atoms with Crippen molar-refractivity contribution in [3.05, 3.63) is 95.8 Å². The highest BCUT2D eigenvalue weighted by molar-refractivity contribution is 5.92. The molecule has 5 nitrogen and oxygen atoms in total. The number of primary amides is 1. The van der Waals surface area contributed by atoms with Crippen LogP contribution in [0, 0.1) is 5.82 Å². The molecule has 1 fully saturated rings. The summed E-state index contributed by atoms with van der Waals surface area (Å²) in [4.78, 5) is 27.0. The van der Waals surface area contributed by atoms with E-state index in [0.29, 0.717) is 24.5 Å². The molecule has 4 rings (SSSR count). The maximum atomic E-state index is 13.5. The van der Waals surface area contributed by atoms with Crippen LogP contribution in [0.5, 0.6) is 11.5 Å². The zero-order valence-electron chi connectivity index (χ0n) is 16.9. The fourth-order valence-corrected chi connectivity index (χ4v) is 3.98. The SMILES string of the molecule is NC(=O)C1CCCN1C(=O)C(c1ccccc1)c1ccc(Oc2ccc(F)cc2)cc1. The summed E-state index contributed by atoms with van der Waals surface area (Å²) in [6.45, 7) is 0.515. The van der Waals surface area contributed by atoms with E-state index in [1.165, 1.54) is 12.1 Å². The first-order chi connectivity index (χ1) is 15.0. The molecule has 0 aromatic heterocycles. The second-order valence-electron chi connectivity index (χ2n) is 7.56. The van der Waals surface area contributed by atoms with Gasteiger partial charge in [0.05, 0.1) is 5.92 Å². The lowest BCUT2D eigenvalue weighted by molar-refractivity contribution is -0.137. The van der Waals surface area contributed by atoms with Crippen molar-refractivity contribution >= 4 is 11.8 Å². The molecule has 2 N–H and O–H groups in total. The molecule has 0 aliphatic carbocycles. The van der Waals surface area contributed by atoms with Gasteiger partial charge in [0, 0.05) is 6.54 Å². The Morgan fingerprint density at radius 2 is 1.48 bits per heavy atom. The largest absolute Gasteiger partial charge is 0.457 e. The van der Waals surface area contributed by atoms with Crippen molar-refractivity contribution in [1.29, 1.82) is 0 Å². The van der Waals surface area contributed by atoms with Crippen LogP contribution in [-0.4, -0.2) is 29.3 Å². The van der Waals surface area contributed by atoms with Crippen molar-refractivity contribution in [2.75, 3.05) is 6.54 Å². The van der Waals surface area contributed by atoms with Crippen LogP contribution in [0.1, 0.15) is 29.9 Å². The number of hydrogen-bond acceptors (Lipinski definition) is 3. The second-order valence-corrected chi connectivity index (χ2v) is 7.56. The maximum Gasteiger partial charge on any atom is 0.240 e. The number of likely N-dealkylation sites (tertiary alicyclic amines) is 1. The highest BCUT2D eigenvalue weighted by Crippen LogP contribution is 2.32. The lowest BCUT2D eigenvalue weighted by atomic mass is 9.89. The summed E-state index contributed by atoms with van der Waals surface area (Å²) in [5.41, 5.74) is 7.17. The molecular weight excluding hydrogens is 395 g/mol. The standard InChI is InChI=1S/C25H23FN2O3/c26-19-10-14-21(15-11-19)31-20-12-8-18(9-13-20)23(17-5-2-1-3-6-17)25(30)28-16-4-7-22(28)24(27)29/h1-3,5-6,8-15,22-23H,4,7,16H2,(H2,27,29). The first kappa shape index (κ1) is 20.6. The van der Waals surface area contributed by atoms with E-state index in [-0.39, 0.29) is 11.7 Å². The van der Waals surface area contributed by atoms with Crippen LogP contribution in [0.15, 0.2) is 78.9 Å². The minimum absolute atomic E-state index is 0.139. The molecule has 2 atom stereocenters. The number of ether oxygens (including phenoxy) is 1. The number of rotatable bonds is 6. The molecule has 1 aliphatic heterocycles. The first-order valence-corrected chi connectivity index (χ1v) is 10.2. The average molecular weight is 418 g/mol. The molecule has 2 unspecified atom stereocenters. The van der Waals surface area contributed by atoms with Gasteiger partial charge in [-0.1, -0.05) is 42.5 Å². The Balaban J connectivity index is 1.62. The van der Waals surface area contributed by atoms with E-state index >= 15 is 0 Å². The predicted octanol–water partition coefficient (Wildman–Crippen LogP) is 4.23. The molecule has 0 spiro atoms. The van der Waals surface area contributed by atoms with Gasteiger partial charge in [0.15, 0.2) is 0 Å². The molecule has 2 amide bonds. The molecule has 6 heteroatoms. The number of amides is 2. The van der Waals surface area contributed by atoms with E-state index in [2.05, 4.69) is 0 Å². The van der Waals surface area contributed by atoms with E-state index in [1.54, 1.807) is 29.2 Å². The Bertz CT molecular complexity index is 1050. The Hall–Kier alpha value is -3.67. The van der Waals surface area contributed by atoms with Gasteiger partial charge in [-0.3, -0.25) is 9.59 Å². The Morgan fingerprint density at radius 1 is 0.903 bits per heavy atom. The highest BCUT2D eigenvalue weighted by Gasteiger charge is 2.37. The third kappa shape index (κ3) is 4.58. The monoisotopic (exact) mass is 418 g/mol. The molecule has 1 aliphatic rings. The van der Waals surface area contributed by atoms with Crippen molar-refractivity contribution in [1.82, 2.24) is 4.90 Å². The summed E-state index contributed by atoms with van der Waals surface area (Å²) < 4.78 is 18.8. The number of carbonyl (C=O) groups excluding carboxylic acids is 2. The topological polar surface area (TPSA) is 72.6 Å². The molecule has 31 heavy (non-hydrogen) atoms. The zero-order chi connectivity index (χ0) is 21.8. The predicted molar refractivity (Wildman–Crippen MR) is 115 cm³/mol. The summed E-state index contributed by atoms with van der Waals surface area (Å²) in [5.74, 6) is -0.401. The number of nitrogens with two attached hydrogens (primary N) is 1. The molecule has 3 aromatic carbocycles. The van der Waals surface area contributed by atoms with Crippen molar-refractivity contribution in [2.45, 2.75) is 24.8 Å². The molecule has 0 radical (unpaired) electrons. The van der Waals surface area contributed by atoms with E-state index < -0.39 is 17.9 Å². The second kappa shape index (κ2) is 9.00. The van der Waals surface area contributed by atoms with Gasteiger partial charge in [-0.05, 0) is 60.4 Å². The van der Waals surface area contributed by atoms with Crippen molar-refractivity contribution in [3.63, 3.8) is 0 Å². The summed E-state index contributed by atoms with van der Waals surface area (Å²) in [7, 11) is 0. The first-order valence-electron chi connectivity index (χ1n) is 10.2. The lowest BCUT2D eigenvalue weighted by Crippen LogP contribution is -2.45. The zero-order valence-corrected chi connectivity index (χ0v) is 16.9. The van der Waals surface area contributed by atoms with Crippen LogP contribution in [0.3, 0.4) is 0 Å². The third-order valence-corrected chi connectivity index (χ3v) is 5.51. The maximum absolute atomic E-state index is 13.5. The van der Waals surface area contributed by atoms with E-state index in [0.717, 1.165) is 17.5 Å². The van der Waals surface area contributed by atoms with Crippen LogP contribution in [-0.2, 0) is 9.59 Å². The third-order valence-electron chi connectivity index (χ3n) is 5.51. The fraction of sp³-hybridized carbons (Fsp3) is 0.200. The fourth-order valence-electron chi connectivity index (χ4n) is 3.98. The molecule has 0 bridgehead atoms. The van der Waals surface area contributed by atoms with Gasteiger partial charge in [0.2, 0.25) is 11.8 Å². The quantitative estimate of drug-likeness (QED) is 0.651. The van der Waals surface area contributed by atoms with Crippen LogP contribution < -0.4 is 10.5 Å². The molecule has 3 aromatic rings. The molecule has 1 heterocycles. The minimum atomic E-state index is -0.570. The number of halogens is 1. The average Bonchev–Trinajstić information content (AvgIpc) is 3.28. The van der Waals surface area contributed by atoms with Crippen LogP contribution >= 0.6 is 0 Å². The van der Waals surface area contributed by atoms with Gasteiger partial charge in [0.25, 0.3) is 0 Å². The summed E-state index contributed by atoms with van der Waals surface area (Å²) >= 11 is 0. The molecule has 0 saturated carbocycles. The smallest absolute Gasteiger partial charge is 0.240 e. The normalized spacial score (nSPS) is 16.7. The van der Waals surface area contributed by atoms with Crippen molar-refractivity contribution in [2.24, 2.45) is 5.73 Å². The van der Waals surface area contributed by atoms with E-state index in [4.69, 9.17) is 10.5 Å². The summed E-state index contributed by atoms with van der Waals surface area (Å²) in [6, 6.07) is 21.9. The number of carbonyl (C=O) groups is 2. The van der Waals surface area contributed by atoms with Crippen LogP contribution in [0.25, 0.3) is 0 Å². The van der Waals surface area contributed by atoms with E-state index in [1.807, 2.05) is 42.5 Å². The summed E-state index contributed by atoms with van der Waals surface area (Å²) in [5, 5.41) is 0. The Morgan fingerprint density at radius 3 is 2.10 bits per heavy atom. The van der Waals surface area contributed by atoms with Gasteiger partial charge in [-0.2, -0.15) is 0 Å². The van der Waals surface area contributed by atoms with Crippen molar-refractivity contribution in [3.8, 4) is 11.5 Å². The minimum Gasteiger partial charge on any atom is -0.457 e. The highest BCUT2D eigenvalue weighted by atomic mass is 19.1. The van der Waals surface area contributed by atoms with E-state index in [9.17, 15) is 14.0 Å². The number of hydrogen-bond donors (Lipinski definition) is 1. The van der Waals surface area contributed by atoms with Gasteiger partial charge in [0.1, 0.15) is 23.4 Å². The van der Waals surface area contributed by atoms with Gasteiger partial charge < -0.3 is 15.4 Å². The van der Waals surface area contributed by atoms with Crippen LogP contribution in [0.4, 0.5) is 4.39 Å². The summed E-state index contributed by atoms with van der Waals surface area (Å²) in [6.07, 6.45) is 1.35. The molecule has 1 saturated heterocycles. The number of benzene rings is 3. The van der Waals surface area contributed by atoms with Crippen LogP contribution in [0.2, 0.25) is 0 Å². The van der Waals surface area contributed by atoms with Crippen molar-refractivity contribution < 1.29 is 18.7 Å². The molecular formula is C25H23FN2O3. The Kier molecular flexibility index (Phi) is 5.98. The Labute approximate surface area is 180 Å².